The predicted octanol–water partition coefficient (Wildman–Crippen LogP) is 2.81. The van der Waals surface area contributed by atoms with Gasteiger partial charge < -0.3 is 14.7 Å². The Kier molecular flexibility index (Phi) is 4.25. The van der Waals surface area contributed by atoms with Crippen LogP contribution in [-0.4, -0.2) is 42.4 Å². The molecule has 1 aromatic heterocycles. The lowest BCUT2D eigenvalue weighted by molar-refractivity contribution is 0.0690. The van der Waals surface area contributed by atoms with E-state index in [0.29, 0.717) is 18.7 Å². The molecule has 1 N–H and O–H groups in total. The third-order valence-corrected chi connectivity index (χ3v) is 4.02. The molecule has 5 nitrogen and oxygen atoms in total. The monoisotopic (exact) mass is 316 g/mol. The summed E-state index contributed by atoms with van der Waals surface area (Å²) in [5, 5.41) is 9.28. The number of carbonyl (C=O) groups is 1. The van der Waals surface area contributed by atoms with Gasteiger partial charge in [-0.3, -0.25) is 0 Å². The van der Waals surface area contributed by atoms with Crippen LogP contribution in [0.4, 0.5) is 10.1 Å². The molecule has 2 aromatic rings. The highest BCUT2D eigenvalue weighted by Crippen LogP contribution is 2.31. The van der Waals surface area contributed by atoms with Gasteiger partial charge in [0.2, 0.25) is 0 Å². The number of benzene rings is 1. The van der Waals surface area contributed by atoms with E-state index in [4.69, 9.17) is 4.74 Å². The van der Waals surface area contributed by atoms with Gasteiger partial charge >= 0.3 is 5.97 Å². The van der Waals surface area contributed by atoms with E-state index in [1.54, 1.807) is 31.4 Å². The Labute approximate surface area is 133 Å². The predicted molar refractivity (Wildman–Crippen MR) is 84.2 cm³/mol. The van der Waals surface area contributed by atoms with Crippen LogP contribution in [0.1, 0.15) is 16.9 Å². The number of aromatic nitrogens is 1. The number of nitrogens with zero attached hydrogens (tertiary/aromatic N) is 2. The molecule has 120 valence electrons. The molecule has 0 bridgehead atoms. The minimum absolute atomic E-state index is 0.0241. The van der Waals surface area contributed by atoms with E-state index in [1.165, 1.54) is 6.07 Å². The van der Waals surface area contributed by atoms with Gasteiger partial charge in [-0.2, -0.15) is 0 Å². The summed E-state index contributed by atoms with van der Waals surface area (Å²) in [5.41, 5.74) is 0.704. The fourth-order valence-electron chi connectivity index (χ4n) is 2.78. The molecule has 6 heteroatoms. The van der Waals surface area contributed by atoms with Crippen LogP contribution in [0.2, 0.25) is 0 Å². The first kappa shape index (κ1) is 15.4. The van der Waals surface area contributed by atoms with Gasteiger partial charge in [0.25, 0.3) is 0 Å². The Morgan fingerprint density at radius 2 is 2.13 bits per heavy atom. The topological polar surface area (TPSA) is 62.7 Å². The lowest BCUT2D eigenvalue weighted by Gasteiger charge is -2.20. The van der Waals surface area contributed by atoms with Crippen LogP contribution in [-0.2, 0) is 4.74 Å². The maximum Gasteiger partial charge on any atom is 0.354 e. The molecule has 1 unspecified atom stereocenters. The largest absolute Gasteiger partial charge is 0.477 e. The number of ether oxygens (including phenoxy) is 1. The van der Waals surface area contributed by atoms with Crippen LogP contribution in [0.3, 0.4) is 0 Å². The molecule has 2 heterocycles. The van der Waals surface area contributed by atoms with E-state index in [1.807, 2.05) is 11.0 Å². The van der Waals surface area contributed by atoms with Gasteiger partial charge in [0.05, 0.1) is 11.8 Å². The van der Waals surface area contributed by atoms with Crippen molar-refractivity contribution in [1.29, 1.82) is 0 Å². The summed E-state index contributed by atoms with van der Waals surface area (Å²) in [4.78, 5) is 17.1. The summed E-state index contributed by atoms with van der Waals surface area (Å²) in [6.07, 6.45) is 0.803. The van der Waals surface area contributed by atoms with Gasteiger partial charge in [0.15, 0.2) is 11.5 Å². The fraction of sp³-hybridized carbons (Fsp3) is 0.294. The van der Waals surface area contributed by atoms with E-state index in [0.717, 1.165) is 6.42 Å². The smallest absolute Gasteiger partial charge is 0.354 e. The van der Waals surface area contributed by atoms with Crippen molar-refractivity contribution in [1.82, 2.24) is 4.98 Å². The highest BCUT2D eigenvalue weighted by atomic mass is 19.1. The Hall–Kier alpha value is -2.47. The molecule has 1 saturated heterocycles. The first-order valence-corrected chi connectivity index (χ1v) is 7.37. The van der Waals surface area contributed by atoms with Crippen molar-refractivity contribution in [2.75, 3.05) is 25.1 Å². The van der Waals surface area contributed by atoms with E-state index >= 15 is 0 Å². The maximum atomic E-state index is 14.9. The van der Waals surface area contributed by atoms with E-state index in [2.05, 4.69) is 4.98 Å². The first-order valence-electron chi connectivity index (χ1n) is 7.37. The highest BCUT2D eigenvalue weighted by Gasteiger charge is 2.27. The lowest BCUT2D eigenvalue weighted by Crippen LogP contribution is -2.24. The summed E-state index contributed by atoms with van der Waals surface area (Å²) in [6.45, 7) is 1.15. The van der Waals surface area contributed by atoms with Gasteiger partial charge in [-0.15, -0.1) is 0 Å². The molecule has 3 rings (SSSR count). The average Bonchev–Trinajstić information content (AvgIpc) is 3.04. The van der Waals surface area contributed by atoms with Crippen LogP contribution in [0.25, 0.3) is 11.3 Å². The standard InChI is InChI=1S/C17H17FN2O3/c1-23-12-7-8-20(10-12)14-9-13(17(21)22)19-16(15(14)18)11-5-3-2-4-6-11/h2-6,9,12H,7-8,10H2,1H3,(H,21,22). The van der Waals surface area contributed by atoms with E-state index in [-0.39, 0.29) is 23.2 Å². The second-order valence-electron chi connectivity index (χ2n) is 5.45. The molecular weight excluding hydrogens is 299 g/mol. The minimum Gasteiger partial charge on any atom is -0.477 e. The van der Waals surface area contributed by atoms with Gasteiger partial charge in [-0.1, -0.05) is 30.3 Å². The Morgan fingerprint density at radius 1 is 1.39 bits per heavy atom. The van der Waals surface area contributed by atoms with Crippen molar-refractivity contribution in [3.63, 3.8) is 0 Å². The molecule has 1 fully saturated rings. The molecule has 0 aliphatic carbocycles. The number of hydrogen-bond donors (Lipinski definition) is 1. The molecule has 0 spiro atoms. The van der Waals surface area contributed by atoms with Crippen molar-refractivity contribution in [2.45, 2.75) is 12.5 Å². The second-order valence-corrected chi connectivity index (χ2v) is 5.45. The molecule has 1 aliphatic rings. The number of hydrogen-bond acceptors (Lipinski definition) is 4. The van der Waals surface area contributed by atoms with Crippen molar-refractivity contribution >= 4 is 11.7 Å². The zero-order valence-corrected chi connectivity index (χ0v) is 12.7. The molecule has 0 amide bonds. The third-order valence-electron chi connectivity index (χ3n) is 4.02. The third kappa shape index (κ3) is 3.03. The summed E-state index contributed by atoms with van der Waals surface area (Å²) in [7, 11) is 1.62. The van der Waals surface area contributed by atoms with Crippen LogP contribution in [0.5, 0.6) is 0 Å². The zero-order valence-electron chi connectivity index (χ0n) is 12.7. The van der Waals surface area contributed by atoms with Crippen LogP contribution in [0.15, 0.2) is 36.4 Å². The lowest BCUT2D eigenvalue weighted by atomic mass is 10.1. The molecule has 1 aromatic carbocycles. The quantitative estimate of drug-likeness (QED) is 0.940. The zero-order chi connectivity index (χ0) is 16.4. The molecular formula is C17H17FN2O3. The van der Waals surface area contributed by atoms with Crippen molar-refractivity contribution < 1.29 is 19.0 Å². The maximum absolute atomic E-state index is 14.9. The van der Waals surface area contributed by atoms with Gasteiger partial charge in [0.1, 0.15) is 5.69 Å². The molecule has 1 aliphatic heterocycles. The van der Waals surface area contributed by atoms with Crippen LogP contribution in [0, 0.1) is 5.82 Å². The van der Waals surface area contributed by atoms with Crippen LogP contribution < -0.4 is 4.90 Å². The molecule has 1 atom stereocenters. The summed E-state index contributed by atoms with van der Waals surface area (Å²) in [6, 6.07) is 10.1. The number of carboxylic acids is 1. The minimum atomic E-state index is -1.18. The SMILES string of the molecule is COC1CCN(c2cc(C(=O)O)nc(-c3ccccc3)c2F)C1. The van der Waals surface area contributed by atoms with Crippen molar-refractivity contribution in [2.24, 2.45) is 0 Å². The molecule has 0 radical (unpaired) electrons. The summed E-state index contributed by atoms with van der Waals surface area (Å²) >= 11 is 0. The number of anilines is 1. The Balaban J connectivity index is 2.09. The second kappa shape index (κ2) is 6.34. The average molecular weight is 316 g/mol. The van der Waals surface area contributed by atoms with Crippen LogP contribution >= 0.6 is 0 Å². The van der Waals surface area contributed by atoms with Gasteiger partial charge in [-0.25, -0.2) is 14.2 Å². The number of methoxy groups -OCH3 is 1. The Bertz CT molecular complexity index is 721. The number of carboxylic acid groups (broad SMARTS) is 1. The fourth-order valence-corrected chi connectivity index (χ4v) is 2.78. The summed E-state index contributed by atoms with van der Waals surface area (Å²) < 4.78 is 20.2. The number of pyridine rings is 1. The Morgan fingerprint density at radius 3 is 2.74 bits per heavy atom. The number of halogens is 1. The van der Waals surface area contributed by atoms with Crippen molar-refractivity contribution in [3.05, 3.63) is 47.9 Å². The first-order chi connectivity index (χ1) is 11.1. The molecule has 23 heavy (non-hydrogen) atoms. The van der Waals surface area contributed by atoms with Gasteiger partial charge in [0, 0.05) is 25.8 Å². The number of rotatable bonds is 4. The summed E-state index contributed by atoms with van der Waals surface area (Å²) in [5.74, 6) is -1.68. The highest BCUT2D eigenvalue weighted by molar-refractivity contribution is 5.88. The van der Waals surface area contributed by atoms with E-state index in [9.17, 15) is 14.3 Å². The number of aromatic carboxylic acids is 1. The van der Waals surface area contributed by atoms with Gasteiger partial charge in [-0.05, 0) is 12.5 Å². The van der Waals surface area contributed by atoms with E-state index < -0.39 is 11.8 Å². The van der Waals surface area contributed by atoms with Crippen molar-refractivity contribution in [3.8, 4) is 11.3 Å². The molecule has 0 saturated carbocycles. The normalized spacial score (nSPS) is 17.5.